The van der Waals surface area contributed by atoms with Gasteiger partial charge in [-0.25, -0.2) is 4.39 Å². The molecule has 0 unspecified atom stereocenters. The fraction of sp³-hybridized carbons (Fsp3) is 0.222. The molecule has 5 heteroatoms. The maximum atomic E-state index is 13.7. The maximum absolute atomic E-state index is 13.7. The molecule has 0 saturated carbocycles. The lowest BCUT2D eigenvalue weighted by Gasteiger charge is -2.15. The number of halogens is 1. The Labute approximate surface area is 133 Å². The SMILES string of the molecule is CC(=O)N1CCc2cc(C(=O)Nc3cc(C)ccc3F)ccc21. The molecule has 4 nitrogen and oxygen atoms in total. The van der Waals surface area contributed by atoms with Gasteiger partial charge in [0.25, 0.3) is 5.91 Å². The highest BCUT2D eigenvalue weighted by atomic mass is 19.1. The van der Waals surface area contributed by atoms with Crippen LogP contribution in [0.15, 0.2) is 36.4 Å². The number of nitrogens with zero attached hydrogens (tertiary/aromatic N) is 1. The summed E-state index contributed by atoms with van der Waals surface area (Å²) in [5.74, 6) is -0.839. The van der Waals surface area contributed by atoms with E-state index in [9.17, 15) is 14.0 Å². The van der Waals surface area contributed by atoms with Crippen molar-refractivity contribution in [1.82, 2.24) is 0 Å². The van der Waals surface area contributed by atoms with Gasteiger partial charge in [0.2, 0.25) is 5.91 Å². The molecule has 0 spiro atoms. The van der Waals surface area contributed by atoms with E-state index in [1.165, 1.54) is 13.0 Å². The monoisotopic (exact) mass is 312 g/mol. The standard InChI is InChI=1S/C18H17FN2O2/c1-11-3-5-15(19)16(9-11)20-18(23)14-4-6-17-13(10-14)7-8-21(17)12(2)22/h3-6,9-10H,7-8H2,1-2H3,(H,20,23). The van der Waals surface area contributed by atoms with Gasteiger partial charge in [0.15, 0.2) is 0 Å². The Morgan fingerprint density at radius 3 is 2.70 bits per heavy atom. The van der Waals surface area contributed by atoms with Crippen molar-refractivity contribution in [3.8, 4) is 0 Å². The van der Waals surface area contributed by atoms with E-state index < -0.39 is 5.82 Å². The number of rotatable bonds is 2. The van der Waals surface area contributed by atoms with Gasteiger partial charge in [0.05, 0.1) is 5.69 Å². The van der Waals surface area contributed by atoms with Crippen LogP contribution >= 0.6 is 0 Å². The van der Waals surface area contributed by atoms with Gasteiger partial charge in [-0.15, -0.1) is 0 Å². The van der Waals surface area contributed by atoms with Crippen molar-refractivity contribution in [3.63, 3.8) is 0 Å². The molecule has 0 saturated heterocycles. The van der Waals surface area contributed by atoms with Gasteiger partial charge in [-0.3, -0.25) is 9.59 Å². The van der Waals surface area contributed by atoms with Gasteiger partial charge < -0.3 is 10.2 Å². The smallest absolute Gasteiger partial charge is 0.255 e. The third kappa shape index (κ3) is 2.95. The van der Waals surface area contributed by atoms with Crippen LogP contribution in [-0.4, -0.2) is 18.4 Å². The van der Waals surface area contributed by atoms with E-state index in [0.29, 0.717) is 12.1 Å². The lowest BCUT2D eigenvalue weighted by Crippen LogP contribution is -2.25. The molecule has 0 atom stereocenters. The molecule has 0 aromatic heterocycles. The van der Waals surface area contributed by atoms with Gasteiger partial charge in [-0.2, -0.15) is 0 Å². The van der Waals surface area contributed by atoms with Crippen molar-refractivity contribution in [1.29, 1.82) is 0 Å². The van der Waals surface area contributed by atoms with E-state index in [2.05, 4.69) is 5.32 Å². The molecule has 1 aliphatic heterocycles. The van der Waals surface area contributed by atoms with Crippen molar-refractivity contribution < 1.29 is 14.0 Å². The summed E-state index contributed by atoms with van der Waals surface area (Å²) in [5, 5.41) is 2.60. The molecular formula is C18H17FN2O2. The van der Waals surface area contributed by atoms with Crippen LogP contribution in [0.1, 0.15) is 28.4 Å². The average molecular weight is 312 g/mol. The molecule has 2 aromatic rings. The fourth-order valence-corrected chi connectivity index (χ4v) is 2.80. The highest BCUT2D eigenvalue weighted by molar-refractivity contribution is 6.05. The van der Waals surface area contributed by atoms with Gasteiger partial charge in [0, 0.05) is 24.7 Å². The van der Waals surface area contributed by atoms with Gasteiger partial charge in [-0.1, -0.05) is 6.07 Å². The summed E-state index contributed by atoms with van der Waals surface area (Å²) in [4.78, 5) is 25.6. The van der Waals surface area contributed by atoms with E-state index in [0.717, 1.165) is 23.2 Å². The predicted molar refractivity (Wildman–Crippen MR) is 87.3 cm³/mol. The van der Waals surface area contributed by atoms with E-state index in [1.807, 2.05) is 6.92 Å². The van der Waals surface area contributed by atoms with Crippen molar-refractivity contribution >= 4 is 23.2 Å². The van der Waals surface area contributed by atoms with Crippen LogP contribution < -0.4 is 10.2 Å². The molecule has 0 aliphatic carbocycles. The van der Waals surface area contributed by atoms with Gasteiger partial charge in [0.1, 0.15) is 5.82 Å². The Morgan fingerprint density at radius 2 is 1.96 bits per heavy atom. The molecule has 0 radical (unpaired) electrons. The minimum absolute atomic E-state index is 0.0113. The summed E-state index contributed by atoms with van der Waals surface area (Å²) in [6.45, 7) is 3.99. The fourth-order valence-electron chi connectivity index (χ4n) is 2.80. The quantitative estimate of drug-likeness (QED) is 0.925. The van der Waals surface area contributed by atoms with Crippen molar-refractivity contribution in [2.45, 2.75) is 20.3 Å². The number of benzene rings is 2. The Balaban J connectivity index is 1.84. The molecule has 118 valence electrons. The second-order valence-electron chi connectivity index (χ2n) is 5.70. The lowest BCUT2D eigenvalue weighted by atomic mass is 10.1. The number of nitrogens with one attached hydrogen (secondary N) is 1. The topological polar surface area (TPSA) is 49.4 Å². The predicted octanol–water partition coefficient (Wildman–Crippen LogP) is 3.30. The van der Waals surface area contributed by atoms with Gasteiger partial charge in [-0.05, 0) is 54.8 Å². The van der Waals surface area contributed by atoms with E-state index in [4.69, 9.17) is 0 Å². The Kier molecular flexibility index (Phi) is 3.86. The van der Waals surface area contributed by atoms with Crippen molar-refractivity contribution in [2.75, 3.05) is 16.8 Å². The Bertz CT molecular complexity index is 802. The highest BCUT2D eigenvalue weighted by Gasteiger charge is 2.23. The zero-order chi connectivity index (χ0) is 16.6. The van der Waals surface area contributed by atoms with Crippen molar-refractivity contribution in [3.05, 3.63) is 58.9 Å². The number of carbonyl (C=O) groups excluding carboxylic acids is 2. The van der Waals surface area contributed by atoms with E-state index >= 15 is 0 Å². The third-order valence-electron chi connectivity index (χ3n) is 3.99. The van der Waals surface area contributed by atoms with Crippen LogP contribution in [-0.2, 0) is 11.2 Å². The molecule has 23 heavy (non-hydrogen) atoms. The number of amides is 2. The first-order valence-electron chi connectivity index (χ1n) is 7.44. The molecule has 1 N–H and O–H groups in total. The summed E-state index contributed by atoms with van der Waals surface area (Å²) in [7, 11) is 0. The van der Waals surface area contributed by atoms with Crippen LogP contribution in [0.4, 0.5) is 15.8 Å². The second-order valence-corrected chi connectivity index (χ2v) is 5.70. The minimum Gasteiger partial charge on any atom is -0.319 e. The summed E-state index contributed by atoms with van der Waals surface area (Å²) in [6, 6.07) is 9.77. The largest absolute Gasteiger partial charge is 0.319 e. The zero-order valence-corrected chi connectivity index (χ0v) is 13.0. The molecule has 1 aliphatic rings. The zero-order valence-electron chi connectivity index (χ0n) is 13.0. The summed E-state index contributed by atoms with van der Waals surface area (Å²) in [5.41, 5.74) is 3.29. The third-order valence-corrected chi connectivity index (χ3v) is 3.99. The molecule has 0 fully saturated rings. The molecule has 2 aromatic carbocycles. The normalized spacial score (nSPS) is 12.9. The molecule has 2 amide bonds. The lowest BCUT2D eigenvalue weighted by molar-refractivity contribution is -0.116. The van der Waals surface area contributed by atoms with E-state index in [1.54, 1.807) is 35.2 Å². The van der Waals surface area contributed by atoms with Crippen LogP contribution in [0, 0.1) is 12.7 Å². The highest BCUT2D eigenvalue weighted by Crippen LogP contribution is 2.29. The second kappa shape index (κ2) is 5.83. The first-order valence-corrected chi connectivity index (χ1v) is 7.44. The molecular weight excluding hydrogens is 295 g/mol. The summed E-state index contributed by atoms with van der Waals surface area (Å²) < 4.78 is 13.7. The van der Waals surface area contributed by atoms with Crippen molar-refractivity contribution in [2.24, 2.45) is 0 Å². The maximum Gasteiger partial charge on any atom is 0.255 e. The van der Waals surface area contributed by atoms with Crippen LogP contribution in [0.3, 0.4) is 0 Å². The first kappa shape index (κ1) is 15.2. The molecule has 1 heterocycles. The number of fused-ring (bicyclic) bond motifs is 1. The molecule has 3 rings (SSSR count). The van der Waals surface area contributed by atoms with Crippen LogP contribution in [0.5, 0.6) is 0 Å². The number of aryl methyl sites for hydroxylation is 1. The number of hydrogen-bond acceptors (Lipinski definition) is 2. The average Bonchev–Trinajstić information content (AvgIpc) is 2.94. The van der Waals surface area contributed by atoms with E-state index in [-0.39, 0.29) is 17.5 Å². The number of hydrogen-bond donors (Lipinski definition) is 1. The first-order chi connectivity index (χ1) is 11.0. The van der Waals surface area contributed by atoms with Crippen LogP contribution in [0.25, 0.3) is 0 Å². The van der Waals surface area contributed by atoms with Gasteiger partial charge >= 0.3 is 0 Å². The summed E-state index contributed by atoms with van der Waals surface area (Å²) >= 11 is 0. The number of carbonyl (C=O) groups is 2. The van der Waals surface area contributed by atoms with Crippen LogP contribution in [0.2, 0.25) is 0 Å². The Morgan fingerprint density at radius 1 is 1.17 bits per heavy atom. The number of anilines is 2. The minimum atomic E-state index is -0.465. The Hall–Kier alpha value is -2.69. The summed E-state index contributed by atoms with van der Waals surface area (Å²) in [6.07, 6.45) is 0.717. The molecule has 0 bridgehead atoms.